The Labute approximate surface area is 277 Å². The SMILES string of the molecule is Cc1cccc(OCCCC(=O)N2CCCOc3c(-c4cnn(Cc5c(F)cc(C(=O)NCS(=O)(=O)O)cc5Cl)c4)cccc32)c1C. The van der Waals surface area contributed by atoms with E-state index in [-0.39, 0.29) is 28.6 Å². The number of nitrogens with zero attached hydrogens (tertiary/aromatic N) is 3. The van der Waals surface area contributed by atoms with Gasteiger partial charge in [0.2, 0.25) is 5.91 Å². The molecule has 2 N–H and O–H groups in total. The Balaban J connectivity index is 1.28. The van der Waals surface area contributed by atoms with Crippen molar-refractivity contribution in [1.29, 1.82) is 0 Å². The molecule has 2 amide bonds. The first-order valence-corrected chi connectivity index (χ1v) is 16.9. The summed E-state index contributed by atoms with van der Waals surface area (Å²) in [7, 11) is -4.45. The van der Waals surface area contributed by atoms with E-state index in [1.807, 2.05) is 55.6 Å². The fraction of sp³-hybridized carbons (Fsp3) is 0.303. The minimum absolute atomic E-state index is 0.0330. The largest absolute Gasteiger partial charge is 0.493 e. The Bertz CT molecular complexity index is 1890. The molecule has 14 heteroatoms. The van der Waals surface area contributed by atoms with Gasteiger partial charge in [-0.25, -0.2) is 4.39 Å². The van der Waals surface area contributed by atoms with Gasteiger partial charge in [0.05, 0.1) is 31.6 Å². The molecule has 0 bridgehead atoms. The topological polar surface area (TPSA) is 140 Å². The van der Waals surface area contributed by atoms with Crippen LogP contribution in [-0.2, 0) is 21.5 Å². The maximum atomic E-state index is 15.0. The zero-order valence-electron chi connectivity index (χ0n) is 25.8. The van der Waals surface area contributed by atoms with E-state index in [0.29, 0.717) is 61.6 Å². The van der Waals surface area contributed by atoms with Gasteiger partial charge in [-0.15, -0.1) is 0 Å². The van der Waals surface area contributed by atoms with Crippen LogP contribution in [0.2, 0.25) is 5.02 Å². The molecular weight excluding hydrogens is 651 g/mol. The first-order valence-electron chi connectivity index (χ1n) is 14.9. The number of hydrogen-bond acceptors (Lipinski definition) is 7. The number of carbonyl (C=O) groups is 2. The minimum Gasteiger partial charge on any atom is -0.493 e. The molecule has 1 aromatic heterocycles. The van der Waals surface area contributed by atoms with E-state index in [9.17, 15) is 18.0 Å². The third kappa shape index (κ3) is 8.28. The molecule has 0 unspecified atom stereocenters. The highest BCUT2D eigenvalue weighted by atomic mass is 35.5. The van der Waals surface area contributed by atoms with Crippen LogP contribution in [-0.4, -0.2) is 60.2 Å². The zero-order valence-corrected chi connectivity index (χ0v) is 27.4. The monoisotopic (exact) mass is 684 g/mol. The Morgan fingerprint density at radius 2 is 1.96 bits per heavy atom. The van der Waals surface area contributed by atoms with Crippen molar-refractivity contribution in [1.82, 2.24) is 15.1 Å². The van der Waals surface area contributed by atoms with Crippen LogP contribution < -0.4 is 19.7 Å². The van der Waals surface area contributed by atoms with E-state index in [1.54, 1.807) is 17.3 Å². The van der Waals surface area contributed by atoms with E-state index < -0.39 is 27.7 Å². The van der Waals surface area contributed by atoms with E-state index in [1.165, 1.54) is 10.7 Å². The molecule has 0 spiro atoms. The summed E-state index contributed by atoms with van der Waals surface area (Å²) in [5, 5.41) is 6.28. The van der Waals surface area contributed by atoms with Crippen LogP contribution in [0.4, 0.5) is 10.1 Å². The molecule has 0 fully saturated rings. The third-order valence-corrected chi connectivity index (χ3v) is 8.64. The van der Waals surface area contributed by atoms with Crippen LogP contribution >= 0.6 is 11.6 Å². The number of aryl methyl sites for hydroxylation is 1. The molecule has 0 saturated heterocycles. The maximum absolute atomic E-state index is 15.0. The van der Waals surface area contributed by atoms with Crippen LogP contribution in [0.5, 0.6) is 11.5 Å². The predicted molar refractivity (Wildman–Crippen MR) is 175 cm³/mol. The molecule has 3 aromatic carbocycles. The molecule has 0 atom stereocenters. The fourth-order valence-corrected chi connectivity index (χ4v) is 5.79. The average Bonchev–Trinajstić information content (AvgIpc) is 3.38. The molecule has 11 nitrogen and oxygen atoms in total. The molecule has 248 valence electrons. The number of ether oxygens (including phenoxy) is 2. The molecule has 0 aliphatic carbocycles. The van der Waals surface area contributed by atoms with Crippen molar-refractivity contribution in [2.75, 3.05) is 30.5 Å². The van der Waals surface area contributed by atoms with Gasteiger partial charge in [0, 0.05) is 46.4 Å². The van der Waals surface area contributed by atoms with Crippen molar-refractivity contribution in [3.63, 3.8) is 0 Å². The second-order valence-corrected chi connectivity index (χ2v) is 13.0. The second-order valence-electron chi connectivity index (χ2n) is 11.1. The Hall–Kier alpha value is -4.46. The second kappa shape index (κ2) is 14.5. The summed E-state index contributed by atoms with van der Waals surface area (Å²) >= 11 is 6.30. The van der Waals surface area contributed by atoms with Gasteiger partial charge < -0.3 is 19.7 Å². The first-order chi connectivity index (χ1) is 22.4. The highest BCUT2D eigenvalue weighted by Crippen LogP contribution is 2.40. The average molecular weight is 685 g/mol. The summed E-state index contributed by atoms with van der Waals surface area (Å²) in [6.07, 6.45) is 4.81. The summed E-state index contributed by atoms with van der Waals surface area (Å²) in [5.41, 5.74) is 4.13. The van der Waals surface area contributed by atoms with E-state index in [2.05, 4.69) is 5.10 Å². The number of aromatic nitrogens is 2. The minimum atomic E-state index is -4.45. The van der Waals surface area contributed by atoms with Crippen molar-refractivity contribution in [3.05, 3.63) is 94.0 Å². The number of hydrogen-bond donors (Lipinski definition) is 2. The molecule has 4 aromatic rings. The summed E-state index contributed by atoms with van der Waals surface area (Å²) in [4.78, 5) is 27.3. The Morgan fingerprint density at radius 1 is 1.17 bits per heavy atom. The lowest BCUT2D eigenvalue weighted by Gasteiger charge is -2.23. The van der Waals surface area contributed by atoms with Crippen LogP contribution in [0.15, 0.2) is 60.9 Å². The number of benzene rings is 3. The highest BCUT2D eigenvalue weighted by molar-refractivity contribution is 7.85. The summed E-state index contributed by atoms with van der Waals surface area (Å²) in [6.45, 7) is 5.32. The Kier molecular flexibility index (Phi) is 10.5. The number of fused-ring (bicyclic) bond motifs is 1. The molecule has 0 radical (unpaired) electrons. The number of halogens is 2. The van der Waals surface area contributed by atoms with Gasteiger partial charge in [0.1, 0.15) is 17.4 Å². The smallest absolute Gasteiger partial charge is 0.283 e. The van der Waals surface area contributed by atoms with Gasteiger partial charge in [0.25, 0.3) is 16.0 Å². The van der Waals surface area contributed by atoms with Crippen LogP contribution in [0.25, 0.3) is 11.1 Å². The highest BCUT2D eigenvalue weighted by Gasteiger charge is 2.25. The van der Waals surface area contributed by atoms with Crippen LogP contribution in [0, 0.1) is 19.7 Å². The van der Waals surface area contributed by atoms with Crippen molar-refractivity contribution >= 4 is 39.2 Å². The van der Waals surface area contributed by atoms with Crippen molar-refractivity contribution in [2.45, 2.75) is 39.7 Å². The van der Waals surface area contributed by atoms with Gasteiger partial charge in [0.15, 0.2) is 5.75 Å². The quantitative estimate of drug-likeness (QED) is 0.155. The predicted octanol–water partition coefficient (Wildman–Crippen LogP) is 5.56. The molecular formula is C33H34ClFN4O7S. The lowest BCUT2D eigenvalue weighted by atomic mass is 10.1. The van der Waals surface area contributed by atoms with Gasteiger partial charge in [-0.3, -0.25) is 18.8 Å². The summed E-state index contributed by atoms with van der Waals surface area (Å²) < 4.78 is 59.3. The molecule has 0 saturated carbocycles. The van der Waals surface area contributed by atoms with Crippen molar-refractivity contribution in [3.8, 4) is 22.6 Å². The molecule has 5 rings (SSSR count). The first kappa shape index (κ1) is 33.9. The number of nitrogens with one attached hydrogen (secondary N) is 1. The van der Waals surface area contributed by atoms with Gasteiger partial charge in [-0.2, -0.15) is 13.5 Å². The third-order valence-electron chi connectivity index (χ3n) is 7.79. The van der Waals surface area contributed by atoms with Gasteiger partial charge in [-0.1, -0.05) is 35.9 Å². The van der Waals surface area contributed by atoms with Gasteiger partial charge in [-0.05, 0) is 62.1 Å². The lowest BCUT2D eigenvalue weighted by molar-refractivity contribution is -0.118. The number of rotatable bonds is 11. The summed E-state index contributed by atoms with van der Waals surface area (Å²) in [5.74, 6) is -1.40. The summed E-state index contributed by atoms with van der Waals surface area (Å²) in [6, 6.07) is 13.6. The molecule has 1 aliphatic heterocycles. The standard InChI is InChI=1S/C33H34ClFN4O7S/c1-21-7-3-10-30(22(21)2)45-13-5-11-31(40)39-12-6-14-46-32-25(8-4-9-29(32)39)24-17-37-38(18-24)19-26-27(34)15-23(16-28(26)35)33(41)36-20-47(42,43)44/h3-4,7-10,15-18H,5-6,11-14,19-20H2,1-2H3,(H,36,41)(H,42,43,44). The van der Waals surface area contributed by atoms with Crippen LogP contribution in [0.3, 0.4) is 0 Å². The van der Waals surface area contributed by atoms with E-state index >= 15 is 4.39 Å². The van der Waals surface area contributed by atoms with E-state index in [4.69, 9.17) is 25.6 Å². The molecule has 2 heterocycles. The lowest BCUT2D eigenvalue weighted by Crippen LogP contribution is -2.31. The Morgan fingerprint density at radius 3 is 2.72 bits per heavy atom. The fourth-order valence-electron chi connectivity index (χ4n) is 5.21. The number of carbonyl (C=O) groups excluding carboxylic acids is 2. The number of amides is 2. The van der Waals surface area contributed by atoms with Crippen molar-refractivity contribution < 1.29 is 36.4 Å². The van der Waals surface area contributed by atoms with Gasteiger partial charge >= 0.3 is 0 Å². The van der Waals surface area contributed by atoms with Crippen molar-refractivity contribution in [2.24, 2.45) is 0 Å². The van der Waals surface area contributed by atoms with E-state index in [0.717, 1.165) is 22.9 Å². The zero-order chi connectivity index (χ0) is 33.7. The molecule has 1 aliphatic rings. The maximum Gasteiger partial charge on any atom is 0.283 e. The number of para-hydroxylation sites is 1. The molecule has 47 heavy (non-hydrogen) atoms. The normalized spacial score (nSPS) is 13.0. The van der Waals surface area contributed by atoms with Crippen LogP contribution in [0.1, 0.15) is 46.3 Å². The number of anilines is 1.